The number of carbonyl (C=O) groups excluding carboxylic acids is 1. The van der Waals surface area contributed by atoms with Crippen molar-refractivity contribution in [2.75, 3.05) is 26.2 Å². The van der Waals surface area contributed by atoms with Crippen molar-refractivity contribution in [3.63, 3.8) is 0 Å². The second kappa shape index (κ2) is 6.03. The van der Waals surface area contributed by atoms with Crippen molar-refractivity contribution in [3.05, 3.63) is 35.9 Å². The number of nitrogens with zero attached hydrogens (tertiary/aromatic N) is 1. The van der Waals surface area contributed by atoms with Crippen LogP contribution in [-0.2, 0) is 11.2 Å². The topological polar surface area (TPSA) is 61.8 Å². The van der Waals surface area contributed by atoms with Crippen molar-refractivity contribution in [2.24, 2.45) is 0 Å². The largest absolute Gasteiger partial charge is 0.441 e. The number of ether oxygens (including phenoxy) is 1. The maximum absolute atomic E-state index is 11.2. The van der Waals surface area contributed by atoms with Crippen LogP contribution in [0.2, 0.25) is 0 Å². The van der Waals surface area contributed by atoms with E-state index < -0.39 is 0 Å². The number of nitrogens with one attached hydrogen (secondary N) is 1. The highest BCUT2D eigenvalue weighted by Crippen LogP contribution is 2.29. The monoisotopic (exact) mass is 290 g/mol. The number of aliphatic hydroxyl groups excluding tert-OH is 1. The zero-order valence-electron chi connectivity index (χ0n) is 12.1. The summed E-state index contributed by atoms with van der Waals surface area (Å²) in [5.41, 5.74) is 0.852. The first-order valence-corrected chi connectivity index (χ1v) is 7.56. The van der Waals surface area contributed by atoms with Crippen molar-refractivity contribution >= 4 is 6.09 Å². The Labute approximate surface area is 124 Å². The molecule has 1 aromatic rings. The van der Waals surface area contributed by atoms with E-state index in [9.17, 15) is 9.90 Å². The van der Waals surface area contributed by atoms with E-state index in [0.717, 1.165) is 31.5 Å². The van der Waals surface area contributed by atoms with Gasteiger partial charge >= 0.3 is 6.09 Å². The van der Waals surface area contributed by atoms with Crippen molar-refractivity contribution < 1.29 is 14.6 Å². The lowest BCUT2D eigenvalue weighted by atomic mass is 9.91. The molecule has 5 nitrogen and oxygen atoms in total. The van der Waals surface area contributed by atoms with Gasteiger partial charge in [0, 0.05) is 32.5 Å². The normalized spacial score (nSPS) is 22.8. The molecule has 2 heterocycles. The van der Waals surface area contributed by atoms with Gasteiger partial charge in [-0.05, 0) is 12.0 Å². The summed E-state index contributed by atoms with van der Waals surface area (Å²) in [6.45, 7) is 3.01. The van der Waals surface area contributed by atoms with Gasteiger partial charge in [-0.15, -0.1) is 0 Å². The molecule has 1 amide bonds. The molecule has 2 N–H and O–H groups in total. The summed E-state index contributed by atoms with van der Waals surface area (Å²) in [4.78, 5) is 13.4. The van der Waals surface area contributed by atoms with Crippen LogP contribution < -0.4 is 5.32 Å². The minimum Gasteiger partial charge on any atom is -0.441 e. The fraction of sp³-hybridized carbons (Fsp3) is 0.562. The van der Waals surface area contributed by atoms with Gasteiger partial charge in [0.15, 0.2) is 0 Å². The molecule has 5 heteroatoms. The number of alkyl carbamates (subject to hydrolysis) is 1. The third-order valence-electron chi connectivity index (χ3n) is 4.41. The van der Waals surface area contributed by atoms with Crippen LogP contribution in [0.3, 0.4) is 0 Å². The number of piperidine rings is 1. The first-order chi connectivity index (χ1) is 10.2. The molecule has 0 radical (unpaired) electrons. The number of aliphatic hydroxyl groups is 1. The number of hydrogen-bond donors (Lipinski definition) is 2. The lowest BCUT2D eigenvalue weighted by Crippen LogP contribution is -2.48. The molecule has 1 aromatic carbocycles. The number of rotatable bonds is 4. The lowest BCUT2D eigenvalue weighted by Gasteiger charge is -2.37. The molecule has 114 valence electrons. The van der Waals surface area contributed by atoms with Gasteiger partial charge in [-0.25, -0.2) is 4.79 Å². The second-order valence-electron chi connectivity index (χ2n) is 6.07. The summed E-state index contributed by atoms with van der Waals surface area (Å²) in [6, 6.07) is 10.1. The Bertz CT molecular complexity index is 484. The Morgan fingerprint density at radius 2 is 2.00 bits per heavy atom. The van der Waals surface area contributed by atoms with Crippen molar-refractivity contribution in [3.8, 4) is 0 Å². The summed E-state index contributed by atoms with van der Waals surface area (Å²) < 4.78 is 5.40. The molecule has 0 aliphatic carbocycles. The van der Waals surface area contributed by atoms with E-state index in [2.05, 4.69) is 10.2 Å². The van der Waals surface area contributed by atoms with Crippen molar-refractivity contribution in [1.82, 2.24) is 10.2 Å². The first kappa shape index (κ1) is 14.4. The van der Waals surface area contributed by atoms with Crippen LogP contribution in [0.15, 0.2) is 30.3 Å². The highest BCUT2D eigenvalue weighted by molar-refractivity contribution is 5.70. The molecule has 2 aliphatic heterocycles. The van der Waals surface area contributed by atoms with Gasteiger partial charge in [-0.3, -0.25) is 0 Å². The van der Waals surface area contributed by atoms with E-state index in [1.807, 2.05) is 30.3 Å². The highest BCUT2D eigenvalue weighted by Gasteiger charge is 2.42. The summed E-state index contributed by atoms with van der Waals surface area (Å²) >= 11 is 0. The van der Waals surface area contributed by atoms with Crippen LogP contribution in [0.25, 0.3) is 0 Å². The number of carbonyl (C=O) groups is 1. The average molecular weight is 290 g/mol. The summed E-state index contributed by atoms with van der Waals surface area (Å²) in [7, 11) is 0. The molecule has 1 atom stereocenters. The van der Waals surface area contributed by atoms with Gasteiger partial charge in [0.1, 0.15) is 5.60 Å². The fourth-order valence-electron chi connectivity index (χ4n) is 3.17. The zero-order chi connectivity index (χ0) is 14.7. The Hall–Kier alpha value is -1.59. The maximum Gasteiger partial charge on any atom is 0.407 e. The summed E-state index contributed by atoms with van der Waals surface area (Å²) in [6.07, 6.45) is 1.70. The Kier molecular flexibility index (Phi) is 4.12. The SMILES string of the molecule is O=C1NCC2(CCN(CC(O)Cc3ccccc3)CC2)O1. The van der Waals surface area contributed by atoms with Crippen LogP contribution in [0, 0.1) is 0 Å². The third-order valence-corrected chi connectivity index (χ3v) is 4.41. The molecule has 2 fully saturated rings. The number of hydrogen-bond acceptors (Lipinski definition) is 4. The molecule has 1 unspecified atom stereocenters. The minimum absolute atomic E-state index is 0.299. The molecule has 2 aliphatic rings. The van der Waals surface area contributed by atoms with Gasteiger partial charge in [0.05, 0.1) is 12.6 Å². The summed E-state index contributed by atoms with van der Waals surface area (Å²) in [5, 5.41) is 13.0. The van der Waals surface area contributed by atoms with Crippen molar-refractivity contribution in [2.45, 2.75) is 31.0 Å². The standard InChI is InChI=1S/C16H22N2O3/c19-14(10-13-4-2-1-3-5-13)11-18-8-6-16(7-9-18)12-17-15(20)21-16/h1-5,14,19H,6-12H2,(H,17,20). The molecule has 21 heavy (non-hydrogen) atoms. The van der Waals surface area contributed by atoms with Gasteiger partial charge in [-0.1, -0.05) is 30.3 Å². The minimum atomic E-state index is -0.356. The second-order valence-corrected chi connectivity index (χ2v) is 6.07. The predicted octanol–water partition coefficient (Wildman–Crippen LogP) is 1.16. The Morgan fingerprint density at radius 1 is 1.29 bits per heavy atom. The number of β-amino-alcohol motifs (C(OH)–C–C–N with tert-alkyl or cyclic N) is 1. The fourth-order valence-corrected chi connectivity index (χ4v) is 3.17. The molecule has 3 rings (SSSR count). The first-order valence-electron chi connectivity index (χ1n) is 7.56. The molecule has 0 bridgehead atoms. The maximum atomic E-state index is 11.2. The molecule has 1 spiro atoms. The van der Waals surface area contributed by atoms with E-state index in [-0.39, 0.29) is 17.8 Å². The van der Waals surface area contributed by atoms with E-state index in [1.165, 1.54) is 0 Å². The van der Waals surface area contributed by atoms with Gasteiger partial charge in [0.25, 0.3) is 0 Å². The third kappa shape index (κ3) is 3.54. The van der Waals surface area contributed by atoms with E-state index in [0.29, 0.717) is 19.5 Å². The van der Waals surface area contributed by atoms with Crippen molar-refractivity contribution in [1.29, 1.82) is 0 Å². The quantitative estimate of drug-likeness (QED) is 0.873. The number of likely N-dealkylation sites (tertiary alicyclic amines) is 1. The van der Waals surface area contributed by atoms with Crippen LogP contribution in [0.1, 0.15) is 18.4 Å². The molecule has 2 saturated heterocycles. The highest BCUT2D eigenvalue weighted by atomic mass is 16.6. The van der Waals surface area contributed by atoms with Crippen LogP contribution >= 0.6 is 0 Å². The van der Waals surface area contributed by atoms with Crippen LogP contribution in [0.5, 0.6) is 0 Å². The zero-order valence-corrected chi connectivity index (χ0v) is 12.1. The number of benzene rings is 1. The van der Waals surface area contributed by atoms with Gasteiger partial charge in [-0.2, -0.15) is 0 Å². The van der Waals surface area contributed by atoms with E-state index >= 15 is 0 Å². The van der Waals surface area contributed by atoms with Crippen LogP contribution in [-0.4, -0.2) is 54.0 Å². The van der Waals surface area contributed by atoms with Gasteiger partial charge in [0.2, 0.25) is 0 Å². The molecule has 0 aromatic heterocycles. The van der Waals surface area contributed by atoms with E-state index in [1.54, 1.807) is 0 Å². The Morgan fingerprint density at radius 3 is 2.62 bits per heavy atom. The van der Waals surface area contributed by atoms with Gasteiger partial charge < -0.3 is 20.1 Å². The summed E-state index contributed by atoms with van der Waals surface area (Å²) in [5.74, 6) is 0. The molecular formula is C16H22N2O3. The lowest BCUT2D eigenvalue weighted by molar-refractivity contribution is -0.00954. The molecular weight excluding hydrogens is 268 g/mol. The predicted molar refractivity (Wildman–Crippen MR) is 79.0 cm³/mol. The Balaban J connectivity index is 1.46. The molecule has 0 saturated carbocycles. The van der Waals surface area contributed by atoms with E-state index in [4.69, 9.17) is 4.74 Å². The smallest absolute Gasteiger partial charge is 0.407 e. The van der Waals surface area contributed by atoms with Crippen LogP contribution in [0.4, 0.5) is 4.79 Å². The number of amides is 1. The average Bonchev–Trinajstić information content (AvgIpc) is 2.84.